The molecule has 0 saturated carbocycles. The van der Waals surface area contributed by atoms with E-state index in [2.05, 4.69) is 55.3 Å². The second-order valence-corrected chi connectivity index (χ2v) is 5.03. The van der Waals surface area contributed by atoms with Crippen LogP contribution in [-0.4, -0.2) is 18.1 Å². The van der Waals surface area contributed by atoms with Crippen molar-refractivity contribution in [2.45, 2.75) is 26.7 Å². The number of benzene rings is 1. The van der Waals surface area contributed by atoms with Gasteiger partial charge in [0.15, 0.2) is 0 Å². The summed E-state index contributed by atoms with van der Waals surface area (Å²) in [4.78, 5) is 4.43. The maximum Gasteiger partial charge on any atom is 0.0704 e. The molecule has 0 spiro atoms. The Kier molecular flexibility index (Phi) is 4.32. The molecule has 2 unspecified atom stereocenters. The summed E-state index contributed by atoms with van der Waals surface area (Å²) in [7, 11) is 0. The van der Waals surface area contributed by atoms with Crippen LogP contribution in [0.15, 0.2) is 36.5 Å². The molecular formula is C16H22N2. The third-order valence-electron chi connectivity index (χ3n) is 3.73. The Morgan fingerprint density at radius 2 is 2.06 bits per heavy atom. The molecule has 2 aromatic rings. The SMILES string of the molecule is CCNCC(C)C(C)c1ccc2cccnc2c1. The van der Waals surface area contributed by atoms with Crippen molar-refractivity contribution in [2.75, 3.05) is 13.1 Å². The standard InChI is InChI=1S/C16H22N2/c1-4-17-11-12(2)13(3)15-8-7-14-6-5-9-18-16(14)10-15/h5-10,12-13,17H,4,11H2,1-3H3. The fourth-order valence-corrected chi connectivity index (χ4v) is 2.24. The van der Waals surface area contributed by atoms with Crippen LogP contribution in [-0.2, 0) is 0 Å². The molecule has 1 N–H and O–H groups in total. The first-order valence-corrected chi connectivity index (χ1v) is 6.77. The number of fused-ring (bicyclic) bond motifs is 1. The van der Waals surface area contributed by atoms with Gasteiger partial charge in [0.1, 0.15) is 0 Å². The summed E-state index contributed by atoms with van der Waals surface area (Å²) < 4.78 is 0. The number of aromatic nitrogens is 1. The average molecular weight is 242 g/mol. The molecule has 2 atom stereocenters. The van der Waals surface area contributed by atoms with Gasteiger partial charge in [0.05, 0.1) is 5.52 Å². The molecule has 18 heavy (non-hydrogen) atoms. The van der Waals surface area contributed by atoms with Crippen LogP contribution in [0.3, 0.4) is 0 Å². The first-order valence-electron chi connectivity index (χ1n) is 6.77. The van der Waals surface area contributed by atoms with E-state index in [9.17, 15) is 0 Å². The minimum atomic E-state index is 0.551. The van der Waals surface area contributed by atoms with Gasteiger partial charge in [-0.2, -0.15) is 0 Å². The maximum absolute atomic E-state index is 4.43. The molecule has 2 heteroatoms. The van der Waals surface area contributed by atoms with Crippen LogP contribution >= 0.6 is 0 Å². The fraction of sp³-hybridized carbons (Fsp3) is 0.438. The molecule has 0 aliphatic rings. The molecule has 2 rings (SSSR count). The van der Waals surface area contributed by atoms with Gasteiger partial charge in [0, 0.05) is 11.6 Å². The molecule has 1 aromatic carbocycles. The Hall–Kier alpha value is -1.41. The second-order valence-electron chi connectivity index (χ2n) is 5.03. The molecule has 96 valence electrons. The molecule has 0 saturated heterocycles. The fourth-order valence-electron chi connectivity index (χ4n) is 2.24. The van der Waals surface area contributed by atoms with E-state index in [4.69, 9.17) is 0 Å². The molecular weight excluding hydrogens is 220 g/mol. The third kappa shape index (κ3) is 2.88. The van der Waals surface area contributed by atoms with Gasteiger partial charge in [-0.3, -0.25) is 4.98 Å². The Morgan fingerprint density at radius 1 is 1.22 bits per heavy atom. The molecule has 0 bridgehead atoms. The van der Waals surface area contributed by atoms with Crippen molar-refractivity contribution in [1.82, 2.24) is 10.3 Å². The lowest BCUT2D eigenvalue weighted by molar-refractivity contribution is 0.454. The summed E-state index contributed by atoms with van der Waals surface area (Å²) >= 11 is 0. The van der Waals surface area contributed by atoms with Crippen LogP contribution in [0.1, 0.15) is 32.3 Å². The Labute approximate surface area is 109 Å². The van der Waals surface area contributed by atoms with Gasteiger partial charge in [-0.15, -0.1) is 0 Å². The molecule has 0 radical (unpaired) electrons. The van der Waals surface area contributed by atoms with Crippen molar-refractivity contribution in [3.8, 4) is 0 Å². The van der Waals surface area contributed by atoms with E-state index < -0.39 is 0 Å². The molecule has 0 amide bonds. The molecule has 0 aliphatic heterocycles. The minimum Gasteiger partial charge on any atom is -0.317 e. The topological polar surface area (TPSA) is 24.9 Å². The Morgan fingerprint density at radius 3 is 2.83 bits per heavy atom. The number of hydrogen-bond acceptors (Lipinski definition) is 2. The molecule has 2 nitrogen and oxygen atoms in total. The zero-order valence-electron chi connectivity index (χ0n) is 11.5. The van der Waals surface area contributed by atoms with Gasteiger partial charge in [-0.05, 0) is 42.6 Å². The number of rotatable bonds is 5. The van der Waals surface area contributed by atoms with Gasteiger partial charge in [-0.1, -0.05) is 39.0 Å². The van der Waals surface area contributed by atoms with Crippen LogP contribution in [0.25, 0.3) is 10.9 Å². The van der Waals surface area contributed by atoms with E-state index >= 15 is 0 Å². The lowest BCUT2D eigenvalue weighted by Crippen LogP contribution is -2.24. The lowest BCUT2D eigenvalue weighted by atomic mass is 9.88. The average Bonchev–Trinajstić information content (AvgIpc) is 2.43. The summed E-state index contributed by atoms with van der Waals surface area (Å²) in [6.45, 7) is 8.85. The minimum absolute atomic E-state index is 0.551. The zero-order chi connectivity index (χ0) is 13.0. The van der Waals surface area contributed by atoms with Gasteiger partial charge in [0.2, 0.25) is 0 Å². The van der Waals surface area contributed by atoms with Gasteiger partial charge in [0.25, 0.3) is 0 Å². The summed E-state index contributed by atoms with van der Waals surface area (Å²) in [5.74, 6) is 1.18. The monoisotopic (exact) mass is 242 g/mol. The van der Waals surface area contributed by atoms with E-state index in [1.807, 2.05) is 12.3 Å². The molecule has 1 aromatic heterocycles. The van der Waals surface area contributed by atoms with E-state index in [1.54, 1.807) is 0 Å². The zero-order valence-corrected chi connectivity index (χ0v) is 11.5. The number of nitrogens with zero attached hydrogens (tertiary/aromatic N) is 1. The summed E-state index contributed by atoms with van der Waals surface area (Å²) in [6, 6.07) is 10.7. The first-order chi connectivity index (χ1) is 8.72. The van der Waals surface area contributed by atoms with Crippen LogP contribution in [0.4, 0.5) is 0 Å². The van der Waals surface area contributed by atoms with E-state index in [1.165, 1.54) is 10.9 Å². The number of hydrogen-bond donors (Lipinski definition) is 1. The highest BCUT2D eigenvalue weighted by Crippen LogP contribution is 2.26. The van der Waals surface area contributed by atoms with Crippen LogP contribution in [0.2, 0.25) is 0 Å². The van der Waals surface area contributed by atoms with E-state index in [0.717, 1.165) is 18.6 Å². The van der Waals surface area contributed by atoms with E-state index in [0.29, 0.717) is 11.8 Å². The van der Waals surface area contributed by atoms with Crippen LogP contribution < -0.4 is 5.32 Å². The van der Waals surface area contributed by atoms with E-state index in [-0.39, 0.29) is 0 Å². The first kappa shape index (κ1) is 13.0. The highest BCUT2D eigenvalue weighted by Gasteiger charge is 2.14. The van der Waals surface area contributed by atoms with Crippen LogP contribution in [0, 0.1) is 5.92 Å². The Bertz CT molecular complexity index is 507. The summed E-state index contributed by atoms with van der Waals surface area (Å²) in [6.07, 6.45) is 1.86. The van der Waals surface area contributed by atoms with Crippen molar-refractivity contribution in [1.29, 1.82) is 0 Å². The quantitative estimate of drug-likeness (QED) is 0.866. The molecule has 1 heterocycles. The third-order valence-corrected chi connectivity index (χ3v) is 3.73. The number of nitrogens with one attached hydrogen (secondary N) is 1. The molecule has 0 aliphatic carbocycles. The highest BCUT2D eigenvalue weighted by atomic mass is 14.8. The summed E-state index contributed by atoms with van der Waals surface area (Å²) in [5, 5.41) is 4.64. The largest absolute Gasteiger partial charge is 0.317 e. The van der Waals surface area contributed by atoms with Crippen molar-refractivity contribution in [3.63, 3.8) is 0 Å². The van der Waals surface area contributed by atoms with Crippen molar-refractivity contribution in [2.24, 2.45) is 5.92 Å². The van der Waals surface area contributed by atoms with Crippen molar-refractivity contribution in [3.05, 3.63) is 42.1 Å². The Balaban J connectivity index is 2.19. The lowest BCUT2D eigenvalue weighted by Gasteiger charge is -2.20. The van der Waals surface area contributed by atoms with Crippen molar-refractivity contribution >= 4 is 10.9 Å². The normalized spacial score (nSPS) is 14.6. The van der Waals surface area contributed by atoms with Crippen molar-refractivity contribution < 1.29 is 0 Å². The van der Waals surface area contributed by atoms with Gasteiger partial charge in [-0.25, -0.2) is 0 Å². The van der Waals surface area contributed by atoms with Crippen LogP contribution in [0.5, 0.6) is 0 Å². The maximum atomic E-state index is 4.43. The van der Waals surface area contributed by atoms with Gasteiger partial charge >= 0.3 is 0 Å². The number of pyridine rings is 1. The predicted molar refractivity (Wildman–Crippen MR) is 77.9 cm³/mol. The van der Waals surface area contributed by atoms with Gasteiger partial charge < -0.3 is 5.32 Å². The highest BCUT2D eigenvalue weighted by molar-refractivity contribution is 5.78. The smallest absolute Gasteiger partial charge is 0.0704 e. The molecule has 0 fully saturated rings. The summed E-state index contributed by atoms with van der Waals surface area (Å²) in [5.41, 5.74) is 2.48. The predicted octanol–water partition coefficient (Wildman–Crippen LogP) is 3.58. The second kappa shape index (κ2) is 5.96.